The number of aromatic nitrogens is 2. The van der Waals surface area contributed by atoms with E-state index in [4.69, 9.17) is 62.7 Å². The van der Waals surface area contributed by atoms with Gasteiger partial charge in [-0.1, -0.05) is 58.0 Å². The third kappa shape index (κ3) is 6.16. The van der Waals surface area contributed by atoms with Crippen molar-refractivity contribution >= 4 is 75.6 Å². The zero-order valence-electron chi connectivity index (χ0n) is 15.2. The summed E-state index contributed by atoms with van der Waals surface area (Å²) in [5, 5.41) is 15.4. The van der Waals surface area contributed by atoms with E-state index in [0.717, 1.165) is 16.4 Å². The molecule has 31 heavy (non-hydrogen) atoms. The molecule has 0 fully saturated rings. The molecule has 1 aromatic heterocycles. The van der Waals surface area contributed by atoms with E-state index in [1.165, 1.54) is 0 Å². The van der Waals surface area contributed by atoms with Crippen LogP contribution in [-0.4, -0.2) is 39.3 Å². The monoisotopic (exact) mass is 558 g/mol. The van der Waals surface area contributed by atoms with Gasteiger partial charge in [0, 0.05) is 0 Å². The van der Waals surface area contributed by atoms with Crippen molar-refractivity contribution in [3.05, 3.63) is 33.4 Å². The molecule has 1 unspecified atom stereocenters. The van der Waals surface area contributed by atoms with E-state index in [9.17, 15) is 22.8 Å². The van der Waals surface area contributed by atoms with Crippen LogP contribution < -0.4 is 5.32 Å². The molecular formula is C16H11Cl5F4N4OS. The van der Waals surface area contributed by atoms with Gasteiger partial charge in [-0.05, 0) is 18.4 Å². The largest absolute Gasteiger partial charge is 0.416 e. The molecule has 1 atom stereocenters. The van der Waals surface area contributed by atoms with Crippen LogP contribution in [0.5, 0.6) is 0 Å². The average Bonchev–Trinajstić information content (AvgIpc) is 2.99. The number of benzene rings is 1. The highest BCUT2D eigenvalue weighted by Crippen LogP contribution is 2.42. The molecule has 15 heteroatoms. The number of rotatable bonds is 7. The summed E-state index contributed by atoms with van der Waals surface area (Å²) >= 11 is 30.9. The molecule has 0 aliphatic carbocycles. The van der Waals surface area contributed by atoms with E-state index in [1.807, 2.05) is 6.07 Å². The van der Waals surface area contributed by atoms with Crippen molar-refractivity contribution in [1.29, 1.82) is 5.26 Å². The lowest BCUT2D eigenvalue weighted by atomic mass is 10.2. The van der Waals surface area contributed by atoms with Crippen molar-refractivity contribution in [1.82, 2.24) is 9.78 Å². The summed E-state index contributed by atoms with van der Waals surface area (Å²) in [6.45, 7) is -1.31. The van der Waals surface area contributed by atoms with Gasteiger partial charge in [-0.2, -0.15) is 23.5 Å². The number of nitrogens with one attached hydrogen (secondary N) is 1. The third-order valence-corrected chi connectivity index (χ3v) is 5.60. The summed E-state index contributed by atoms with van der Waals surface area (Å²) in [7, 11) is 0. The summed E-state index contributed by atoms with van der Waals surface area (Å²) in [6.07, 6.45) is -4.51. The van der Waals surface area contributed by atoms with Crippen LogP contribution in [0.3, 0.4) is 0 Å². The summed E-state index contributed by atoms with van der Waals surface area (Å²) in [5.74, 6) is -0.0113. The molecule has 0 saturated heterocycles. The van der Waals surface area contributed by atoms with E-state index in [-0.39, 0.29) is 22.1 Å². The number of hydrogen-bond acceptors (Lipinski definition) is 5. The van der Waals surface area contributed by atoms with Gasteiger partial charge in [0.15, 0.2) is 11.9 Å². The molecule has 2 aromatic rings. The highest BCUT2D eigenvalue weighted by molar-refractivity contribution is 7.98. The first-order valence-electron chi connectivity index (χ1n) is 7.99. The van der Waals surface area contributed by atoms with E-state index in [1.54, 1.807) is 6.26 Å². The SMILES string of the molecule is CSc1c(C#N)nn(-c2c(Cl)cc(C(F)(F)F)cc2Cl)c1NC(OCCF)C(Cl)(Cl)Cl. The van der Waals surface area contributed by atoms with E-state index < -0.39 is 45.1 Å². The van der Waals surface area contributed by atoms with Crippen LogP contribution >= 0.6 is 69.8 Å². The summed E-state index contributed by atoms with van der Waals surface area (Å²) in [6, 6.07) is 3.16. The lowest BCUT2D eigenvalue weighted by molar-refractivity contribution is -0.137. The Labute approximate surface area is 203 Å². The first kappa shape index (κ1) is 26.5. The van der Waals surface area contributed by atoms with Gasteiger partial charge in [-0.25, -0.2) is 9.07 Å². The summed E-state index contributed by atoms with van der Waals surface area (Å²) < 4.78 is 55.9. The minimum Gasteiger partial charge on any atom is -0.351 e. The lowest BCUT2D eigenvalue weighted by Gasteiger charge is -2.27. The maximum Gasteiger partial charge on any atom is 0.416 e. The molecule has 1 aromatic carbocycles. The number of hydrogen-bond donors (Lipinski definition) is 1. The predicted octanol–water partition coefficient (Wildman–Crippen LogP) is 6.89. The van der Waals surface area contributed by atoms with Gasteiger partial charge in [0.2, 0.25) is 3.79 Å². The quantitative estimate of drug-likeness (QED) is 0.173. The number of nitriles is 1. The van der Waals surface area contributed by atoms with Crippen LogP contribution in [0.25, 0.3) is 5.69 Å². The van der Waals surface area contributed by atoms with Gasteiger partial charge in [0.1, 0.15) is 24.2 Å². The van der Waals surface area contributed by atoms with Gasteiger partial charge < -0.3 is 10.1 Å². The molecule has 1 N–H and O–H groups in total. The smallest absolute Gasteiger partial charge is 0.351 e. The first-order chi connectivity index (χ1) is 14.3. The summed E-state index contributed by atoms with van der Waals surface area (Å²) in [4.78, 5) is 0.234. The van der Waals surface area contributed by atoms with Crippen LogP contribution in [0.2, 0.25) is 10.0 Å². The number of ether oxygens (including phenoxy) is 1. The fraction of sp³-hybridized carbons (Fsp3) is 0.375. The number of alkyl halides is 7. The number of halogens is 9. The molecule has 2 rings (SSSR count). The van der Waals surface area contributed by atoms with E-state index in [0.29, 0.717) is 12.1 Å². The lowest BCUT2D eigenvalue weighted by Crippen LogP contribution is -2.37. The minimum absolute atomic E-state index is 0.0113. The standard InChI is InChI=1S/C16H11Cl5F4N4OS/c1-31-12-10(6-26)28-29(13(12)27-14(15(19,20)21)30-3-2-22)11-8(17)4-7(5-9(11)18)16(23,24)25/h4-5,14,27H,2-3H2,1H3. The molecule has 5 nitrogen and oxygen atoms in total. The van der Waals surface area contributed by atoms with Crippen molar-refractivity contribution < 1.29 is 22.3 Å². The van der Waals surface area contributed by atoms with Crippen molar-refractivity contribution in [2.45, 2.75) is 21.1 Å². The molecule has 170 valence electrons. The summed E-state index contributed by atoms with van der Waals surface area (Å²) in [5.41, 5.74) is -1.36. The molecule has 0 bridgehead atoms. The van der Waals surface area contributed by atoms with Gasteiger partial charge in [-0.3, -0.25) is 0 Å². The predicted molar refractivity (Wildman–Crippen MR) is 115 cm³/mol. The number of anilines is 1. The Kier molecular flexibility index (Phi) is 8.89. The Morgan fingerprint density at radius 1 is 1.26 bits per heavy atom. The van der Waals surface area contributed by atoms with Crippen LogP contribution in [0, 0.1) is 11.3 Å². The molecule has 0 saturated carbocycles. The normalized spacial score (nSPS) is 13.2. The van der Waals surface area contributed by atoms with Gasteiger partial charge in [0.25, 0.3) is 0 Å². The van der Waals surface area contributed by atoms with Gasteiger partial charge >= 0.3 is 6.18 Å². The second kappa shape index (κ2) is 10.4. The van der Waals surface area contributed by atoms with E-state index in [2.05, 4.69) is 10.4 Å². The zero-order valence-corrected chi connectivity index (χ0v) is 19.8. The maximum atomic E-state index is 13.1. The first-order valence-corrected chi connectivity index (χ1v) is 11.1. The fourth-order valence-electron chi connectivity index (χ4n) is 2.39. The second-order valence-corrected chi connectivity index (χ2v) is 9.67. The maximum absolute atomic E-state index is 13.1. The van der Waals surface area contributed by atoms with Crippen LogP contribution in [-0.2, 0) is 10.9 Å². The van der Waals surface area contributed by atoms with Crippen molar-refractivity contribution in [3.8, 4) is 11.8 Å². The Balaban J connectivity index is 2.70. The van der Waals surface area contributed by atoms with Crippen molar-refractivity contribution in [3.63, 3.8) is 0 Å². The molecule has 0 aliphatic rings. The fourth-order valence-corrected chi connectivity index (χ4v) is 4.01. The number of nitrogens with zero attached hydrogens (tertiary/aromatic N) is 3. The molecule has 1 heterocycles. The Hall–Kier alpha value is -0.800. The Bertz CT molecular complexity index is 967. The average molecular weight is 561 g/mol. The second-order valence-electron chi connectivity index (χ2n) is 5.67. The Morgan fingerprint density at radius 2 is 1.84 bits per heavy atom. The highest BCUT2D eigenvalue weighted by atomic mass is 35.6. The molecular weight excluding hydrogens is 550 g/mol. The van der Waals surface area contributed by atoms with Crippen molar-refractivity contribution in [2.75, 3.05) is 24.9 Å². The molecule has 0 amide bonds. The molecule has 0 aliphatic heterocycles. The Morgan fingerprint density at radius 3 is 2.26 bits per heavy atom. The van der Waals surface area contributed by atoms with Crippen LogP contribution in [0.4, 0.5) is 23.4 Å². The molecule has 0 spiro atoms. The third-order valence-electron chi connectivity index (χ3n) is 3.63. The number of thioether (sulfide) groups is 1. The van der Waals surface area contributed by atoms with E-state index >= 15 is 0 Å². The highest BCUT2D eigenvalue weighted by Gasteiger charge is 2.37. The topological polar surface area (TPSA) is 62.9 Å². The van der Waals surface area contributed by atoms with Crippen LogP contribution in [0.1, 0.15) is 11.3 Å². The minimum atomic E-state index is -4.69. The van der Waals surface area contributed by atoms with Crippen molar-refractivity contribution in [2.24, 2.45) is 0 Å². The van der Waals surface area contributed by atoms with Gasteiger partial charge in [0.05, 0.1) is 27.1 Å². The zero-order chi connectivity index (χ0) is 23.6. The van der Waals surface area contributed by atoms with Crippen LogP contribution in [0.15, 0.2) is 17.0 Å². The molecule has 0 radical (unpaired) electrons. The van der Waals surface area contributed by atoms with Gasteiger partial charge in [-0.15, -0.1) is 11.8 Å².